The molecular weight excluding hydrogens is 380 g/mol. The highest BCUT2D eigenvalue weighted by Crippen LogP contribution is 2.33. The number of carbonyl (C=O) groups is 1. The summed E-state index contributed by atoms with van der Waals surface area (Å²) in [5.74, 6) is 10.3. The van der Waals surface area contributed by atoms with Gasteiger partial charge in [-0.3, -0.25) is 4.79 Å². The molecule has 0 aromatic heterocycles. The molecule has 2 aliphatic rings. The van der Waals surface area contributed by atoms with E-state index in [0.717, 1.165) is 37.2 Å². The number of amides is 1. The van der Waals surface area contributed by atoms with Gasteiger partial charge in [-0.25, -0.2) is 17.6 Å². The van der Waals surface area contributed by atoms with Crippen molar-refractivity contribution in [1.82, 2.24) is 9.21 Å². The zero-order chi connectivity index (χ0) is 19.7. The highest BCUT2D eigenvalue weighted by Gasteiger charge is 2.30. The number of hydrogen-bond acceptors (Lipinski definition) is 3. The standard InChI is InChI=1S/C20H30N2O3S2/c1-4-12-22(18-11-15-26(2,3)16-18)20(23)17-7-9-19(10-8-17)27(24,25)21-13-5-6-14-21/h7-10,18H,2-6,11-16H2,1H3. The van der Waals surface area contributed by atoms with Crippen molar-refractivity contribution in [3.8, 4) is 0 Å². The molecule has 1 atom stereocenters. The van der Waals surface area contributed by atoms with Gasteiger partial charge in [-0.1, -0.05) is 18.7 Å². The van der Waals surface area contributed by atoms with Crippen LogP contribution in [0.2, 0.25) is 0 Å². The lowest BCUT2D eigenvalue weighted by Gasteiger charge is -2.29. The van der Waals surface area contributed by atoms with Crippen molar-refractivity contribution < 1.29 is 13.2 Å². The SMILES string of the molecule is C=S1(=C)CCC(N(CCC)C(=O)c2ccc(S(=O)(=O)N3CCCC3)cc2)C1. The smallest absolute Gasteiger partial charge is 0.254 e. The predicted molar refractivity (Wildman–Crippen MR) is 116 cm³/mol. The summed E-state index contributed by atoms with van der Waals surface area (Å²) in [5, 5.41) is 0. The molecule has 5 nitrogen and oxygen atoms in total. The van der Waals surface area contributed by atoms with Crippen molar-refractivity contribution in [3.05, 3.63) is 29.8 Å². The van der Waals surface area contributed by atoms with Crippen LogP contribution < -0.4 is 0 Å². The molecular formula is C20H30N2O3S2. The minimum atomic E-state index is -3.45. The summed E-state index contributed by atoms with van der Waals surface area (Å²) >= 11 is 0. The molecule has 2 aliphatic heterocycles. The summed E-state index contributed by atoms with van der Waals surface area (Å²) in [4.78, 5) is 15.3. The third-order valence-electron chi connectivity index (χ3n) is 5.40. The zero-order valence-corrected chi connectivity index (χ0v) is 17.7. The molecule has 2 saturated heterocycles. The van der Waals surface area contributed by atoms with Crippen LogP contribution in [0, 0.1) is 0 Å². The molecule has 2 heterocycles. The molecule has 0 spiro atoms. The van der Waals surface area contributed by atoms with Gasteiger partial charge in [0.1, 0.15) is 0 Å². The van der Waals surface area contributed by atoms with Crippen LogP contribution in [0.5, 0.6) is 0 Å². The monoisotopic (exact) mass is 410 g/mol. The molecule has 3 rings (SSSR count). The summed E-state index contributed by atoms with van der Waals surface area (Å²) in [6.45, 7) is 3.92. The first-order valence-corrected chi connectivity index (χ1v) is 13.4. The minimum absolute atomic E-state index is 0.0240. The molecule has 7 heteroatoms. The fourth-order valence-corrected chi connectivity index (χ4v) is 7.53. The second kappa shape index (κ2) is 7.97. The summed E-state index contributed by atoms with van der Waals surface area (Å²) < 4.78 is 26.8. The number of benzene rings is 1. The average Bonchev–Trinajstić information content (AvgIpc) is 3.29. The van der Waals surface area contributed by atoms with Gasteiger partial charge in [0.15, 0.2) is 0 Å². The van der Waals surface area contributed by atoms with Crippen molar-refractivity contribution in [3.63, 3.8) is 0 Å². The number of sulfonamides is 1. The number of rotatable bonds is 6. The van der Waals surface area contributed by atoms with E-state index < -0.39 is 19.2 Å². The summed E-state index contributed by atoms with van der Waals surface area (Å²) in [7, 11) is -4.54. The van der Waals surface area contributed by atoms with Gasteiger partial charge < -0.3 is 4.90 Å². The second-order valence-electron chi connectivity index (χ2n) is 7.67. The lowest BCUT2D eigenvalue weighted by molar-refractivity contribution is 0.0697. The average molecular weight is 411 g/mol. The Morgan fingerprint density at radius 3 is 2.37 bits per heavy atom. The van der Waals surface area contributed by atoms with E-state index in [1.165, 1.54) is 4.31 Å². The molecule has 1 amide bonds. The van der Waals surface area contributed by atoms with E-state index in [1.54, 1.807) is 24.3 Å². The van der Waals surface area contributed by atoms with Gasteiger partial charge in [0.05, 0.1) is 4.90 Å². The van der Waals surface area contributed by atoms with Crippen LogP contribution in [-0.4, -0.2) is 72.5 Å². The first-order chi connectivity index (χ1) is 12.7. The normalized spacial score (nSPS) is 22.8. The third-order valence-corrected chi connectivity index (χ3v) is 9.51. The molecule has 0 saturated carbocycles. The third kappa shape index (κ3) is 4.41. The maximum atomic E-state index is 13.1. The molecule has 1 aromatic rings. The van der Waals surface area contributed by atoms with E-state index in [-0.39, 0.29) is 16.8 Å². The first kappa shape index (κ1) is 20.4. The first-order valence-electron chi connectivity index (χ1n) is 9.60. The highest BCUT2D eigenvalue weighted by molar-refractivity contribution is 8.27. The quantitative estimate of drug-likeness (QED) is 0.678. The summed E-state index contributed by atoms with van der Waals surface area (Å²) in [6, 6.07) is 6.63. The van der Waals surface area contributed by atoms with Crippen molar-refractivity contribution in [1.29, 1.82) is 0 Å². The number of nitrogens with zero attached hydrogens (tertiary/aromatic N) is 2. The van der Waals surface area contributed by atoms with Crippen LogP contribution in [0.25, 0.3) is 0 Å². The zero-order valence-electron chi connectivity index (χ0n) is 16.1. The van der Waals surface area contributed by atoms with E-state index in [9.17, 15) is 13.2 Å². The Morgan fingerprint density at radius 1 is 1.22 bits per heavy atom. The molecule has 150 valence electrons. The fourth-order valence-electron chi connectivity index (χ4n) is 3.91. The van der Waals surface area contributed by atoms with Crippen molar-refractivity contribution in [2.75, 3.05) is 31.1 Å². The van der Waals surface area contributed by atoms with Crippen molar-refractivity contribution in [2.24, 2.45) is 0 Å². The van der Waals surface area contributed by atoms with Gasteiger partial charge >= 0.3 is 0 Å². The van der Waals surface area contributed by atoms with E-state index in [2.05, 4.69) is 18.7 Å². The molecule has 1 aromatic carbocycles. The molecule has 0 bridgehead atoms. The molecule has 0 aliphatic carbocycles. The Bertz CT molecular complexity index is 884. The summed E-state index contributed by atoms with van der Waals surface area (Å²) in [5.41, 5.74) is 0.546. The van der Waals surface area contributed by atoms with Crippen molar-refractivity contribution >= 4 is 36.9 Å². The predicted octanol–water partition coefficient (Wildman–Crippen LogP) is 2.76. The van der Waals surface area contributed by atoms with Gasteiger partial charge in [-0.15, -0.1) is 0 Å². The van der Waals surface area contributed by atoms with E-state index in [4.69, 9.17) is 0 Å². The lowest BCUT2D eigenvalue weighted by Crippen LogP contribution is -2.41. The highest BCUT2D eigenvalue weighted by atomic mass is 32.2. The molecule has 2 fully saturated rings. The Hall–Kier alpha value is -1.31. The van der Waals surface area contributed by atoms with Gasteiger partial charge in [-0.05, 0) is 55.7 Å². The lowest BCUT2D eigenvalue weighted by atomic mass is 10.1. The van der Waals surface area contributed by atoms with Crippen LogP contribution in [0.15, 0.2) is 29.2 Å². The maximum absolute atomic E-state index is 13.1. The Balaban J connectivity index is 1.79. The molecule has 0 N–H and O–H groups in total. The largest absolute Gasteiger partial charge is 0.335 e. The van der Waals surface area contributed by atoms with Gasteiger partial charge in [0.2, 0.25) is 10.0 Å². The fraction of sp³-hybridized carbons (Fsp3) is 0.550. The molecule has 0 radical (unpaired) electrons. The minimum Gasteiger partial charge on any atom is -0.335 e. The van der Waals surface area contributed by atoms with Gasteiger partial charge in [0.25, 0.3) is 5.91 Å². The maximum Gasteiger partial charge on any atom is 0.254 e. The summed E-state index contributed by atoms with van der Waals surface area (Å²) in [6.07, 6.45) is 3.66. The van der Waals surface area contributed by atoms with Gasteiger partial charge in [0, 0.05) is 37.0 Å². The van der Waals surface area contributed by atoms with E-state index in [1.807, 2.05) is 4.90 Å². The molecule has 1 unspecified atom stereocenters. The van der Waals surface area contributed by atoms with Crippen molar-refractivity contribution in [2.45, 2.75) is 43.5 Å². The van der Waals surface area contributed by atoms with Gasteiger partial charge in [-0.2, -0.15) is 4.31 Å². The van der Waals surface area contributed by atoms with Crippen LogP contribution in [0.1, 0.15) is 43.0 Å². The van der Waals surface area contributed by atoms with Crippen LogP contribution in [-0.2, 0) is 10.0 Å². The second-order valence-corrected chi connectivity index (χ2v) is 12.8. The van der Waals surface area contributed by atoms with Crippen LogP contribution in [0.4, 0.5) is 0 Å². The Labute approximate surface area is 163 Å². The Morgan fingerprint density at radius 2 is 1.85 bits per heavy atom. The topological polar surface area (TPSA) is 57.7 Å². The molecule has 27 heavy (non-hydrogen) atoms. The number of hydrogen-bond donors (Lipinski definition) is 0. The number of carbonyl (C=O) groups excluding carboxylic acids is 1. The van der Waals surface area contributed by atoms with E-state index >= 15 is 0 Å². The Kier molecular flexibility index (Phi) is 6.03. The van der Waals surface area contributed by atoms with Crippen LogP contribution in [0.3, 0.4) is 0 Å². The van der Waals surface area contributed by atoms with E-state index in [0.29, 0.717) is 25.2 Å². The van der Waals surface area contributed by atoms with Crippen LogP contribution >= 0.6 is 9.21 Å².